The first-order chi connectivity index (χ1) is 12.4. The van der Waals surface area contributed by atoms with Crippen LogP contribution in [0.3, 0.4) is 0 Å². The maximum absolute atomic E-state index is 12.9. The minimum absolute atomic E-state index is 0.173. The van der Waals surface area contributed by atoms with E-state index in [0.29, 0.717) is 21.0 Å². The van der Waals surface area contributed by atoms with Gasteiger partial charge in [0.15, 0.2) is 5.01 Å². The third-order valence-corrected chi connectivity index (χ3v) is 5.12. The Bertz CT molecular complexity index is 967. The predicted octanol–water partition coefficient (Wildman–Crippen LogP) is 3.73. The van der Waals surface area contributed by atoms with E-state index in [1.807, 2.05) is 0 Å². The molecule has 0 unspecified atom stereocenters. The van der Waals surface area contributed by atoms with Crippen molar-refractivity contribution in [1.29, 1.82) is 0 Å². The number of nitrogens with one attached hydrogen (secondary N) is 1. The van der Waals surface area contributed by atoms with Gasteiger partial charge in [0.05, 0.1) is 11.2 Å². The molecule has 0 fully saturated rings. The fourth-order valence-electron chi connectivity index (χ4n) is 1.98. The molecular weight excluding hydrogens is 400 g/mol. The molecule has 0 spiro atoms. The Morgan fingerprint density at radius 2 is 2.00 bits per heavy atom. The summed E-state index contributed by atoms with van der Waals surface area (Å²) < 4.78 is 14.5. The molecule has 134 valence electrons. The molecule has 0 saturated carbocycles. The van der Waals surface area contributed by atoms with Crippen LogP contribution >= 0.6 is 34.5 Å². The second-order valence-electron chi connectivity index (χ2n) is 5.21. The van der Waals surface area contributed by atoms with Crippen LogP contribution in [0.1, 0.15) is 26.2 Å². The molecule has 0 saturated heterocycles. The number of nitrogens with zero attached hydrogens (tertiary/aromatic N) is 4. The summed E-state index contributed by atoms with van der Waals surface area (Å²) in [4.78, 5) is 16.3. The molecule has 0 bridgehead atoms. The lowest BCUT2D eigenvalue weighted by atomic mass is 10.2. The molecule has 0 aliphatic heterocycles. The van der Waals surface area contributed by atoms with Gasteiger partial charge in [0.1, 0.15) is 16.8 Å². The van der Waals surface area contributed by atoms with Crippen molar-refractivity contribution in [3.05, 3.63) is 62.8 Å². The Balaban J connectivity index is 1.67. The minimum atomic E-state index is -0.387. The maximum Gasteiger partial charge on any atom is 0.282 e. The Morgan fingerprint density at radius 3 is 2.65 bits per heavy atom. The van der Waals surface area contributed by atoms with Crippen LogP contribution in [0.15, 0.2) is 30.5 Å². The maximum atomic E-state index is 12.9. The van der Waals surface area contributed by atoms with Crippen LogP contribution in [0.5, 0.6) is 0 Å². The quantitative estimate of drug-likeness (QED) is 0.693. The first kappa shape index (κ1) is 18.5. The van der Waals surface area contributed by atoms with E-state index in [2.05, 4.69) is 20.5 Å². The van der Waals surface area contributed by atoms with E-state index in [-0.39, 0.29) is 23.3 Å². The molecule has 3 aromatic rings. The van der Waals surface area contributed by atoms with Gasteiger partial charge in [0, 0.05) is 19.7 Å². The number of rotatable bonds is 5. The zero-order valence-electron chi connectivity index (χ0n) is 13.4. The molecule has 2 aromatic heterocycles. The van der Waals surface area contributed by atoms with E-state index >= 15 is 0 Å². The number of imidazole rings is 1. The van der Waals surface area contributed by atoms with E-state index < -0.39 is 0 Å². The van der Waals surface area contributed by atoms with Gasteiger partial charge in [-0.2, -0.15) is 0 Å². The van der Waals surface area contributed by atoms with Crippen molar-refractivity contribution in [2.24, 2.45) is 7.05 Å². The zero-order valence-corrected chi connectivity index (χ0v) is 15.7. The Morgan fingerprint density at radius 1 is 1.31 bits per heavy atom. The number of carbonyl (C=O) groups is 1. The van der Waals surface area contributed by atoms with E-state index in [1.54, 1.807) is 29.8 Å². The molecule has 1 N–H and O–H groups in total. The van der Waals surface area contributed by atoms with Gasteiger partial charge in [-0.1, -0.05) is 46.7 Å². The van der Waals surface area contributed by atoms with E-state index in [4.69, 9.17) is 23.2 Å². The van der Waals surface area contributed by atoms with Crippen molar-refractivity contribution in [2.45, 2.75) is 6.54 Å². The largest absolute Gasteiger partial charge is 0.346 e. The Hall–Kier alpha value is -2.29. The fourth-order valence-corrected chi connectivity index (χ4v) is 3.04. The first-order valence-corrected chi connectivity index (χ1v) is 8.92. The highest BCUT2D eigenvalue weighted by Gasteiger charge is 2.15. The number of benzene rings is 1. The summed E-state index contributed by atoms with van der Waals surface area (Å²) in [7, 11) is 1.75. The second-order valence-corrected chi connectivity index (χ2v) is 6.98. The number of amides is 1. The van der Waals surface area contributed by atoms with E-state index in [9.17, 15) is 9.18 Å². The van der Waals surface area contributed by atoms with E-state index in [0.717, 1.165) is 16.9 Å². The lowest BCUT2D eigenvalue weighted by molar-refractivity contribution is 0.0950. The number of hydrogen-bond acceptors (Lipinski definition) is 5. The van der Waals surface area contributed by atoms with Crippen LogP contribution in [0, 0.1) is 5.82 Å². The SMILES string of the molecule is Cn1c(Cl)cnc1C=C(Cl)c1nnc(C(=O)NCc2ccc(F)cc2)s1. The molecule has 0 aliphatic carbocycles. The van der Waals surface area contributed by atoms with Crippen molar-refractivity contribution in [3.8, 4) is 0 Å². The number of halogens is 3. The predicted molar refractivity (Wildman–Crippen MR) is 99.4 cm³/mol. The minimum Gasteiger partial charge on any atom is -0.346 e. The molecular formula is C16H12Cl2FN5OS. The summed E-state index contributed by atoms with van der Waals surface area (Å²) in [5.41, 5.74) is 0.772. The number of hydrogen-bond donors (Lipinski definition) is 1. The summed E-state index contributed by atoms with van der Waals surface area (Å²) >= 11 is 13.2. The molecule has 3 rings (SSSR count). The van der Waals surface area contributed by atoms with Crippen LogP contribution in [0.25, 0.3) is 11.1 Å². The van der Waals surface area contributed by atoms with Crippen molar-refractivity contribution < 1.29 is 9.18 Å². The highest BCUT2D eigenvalue weighted by Crippen LogP contribution is 2.25. The third kappa shape index (κ3) is 4.27. The molecule has 0 radical (unpaired) electrons. The third-order valence-electron chi connectivity index (χ3n) is 3.41. The number of aromatic nitrogens is 4. The molecule has 10 heteroatoms. The van der Waals surface area contributed by atoms with Crippen LogP contribution in [-0.2, 0) is 13.6 Å². The lowest BCUT2D eigenvalue weighted by Crippen LogP contribution is -2.22. The Labute approximate surface area is 162 Å². The van der Waals surface area contributed by atoms with Gasteiger partial charge in [0.2, 0.25) is 5.01 Å². The van der Waals surface area contributed by atoms with Crippen LogP contribution in [0.4, 0.5) is 4.39 Å². The van der Waals surface area contributed by atoms with Crippen molar-refractivity contribution in [3.63, 3.8) is 0 Å². The van der Waals surface area contributed by atoms with E-state index in [1.165, 1.54) is 18.3 Å². The normalized spacial score (nSPS) is 11.6. The van der Waals surface area contributed by atoms with Crippen molar-refractivity contribution in [1.82, 2.24) is 25.1 Å². The average molecular weight is 412 g/mol. The summed E-state index contributed by atoms with van der Waals surface area (Å²) in [6.07, 6.45) is 3.10. The summed E-state index contributed by atoms with van der Waals surface area (Å²) in [5, 5.41) is 11.8. The van der Waals surface area contributed by atoms with Gasteiger partial charge in [-0.15, -0.1) is 10.2 Å². The van der Waals surface area contributed by atoms with Gasteiger partial charge in [-0.05, 0) is 17.7 Å². The standard InChI is InChI=1S/C16H12Cl2FN5OS/c1-24-12(18)8-20-13(24)6-11(17)15-22-23-16(26-15)14(25)21-7-9-2-4-10(19)5-3-9/h2-6,8H,7H2,1H3,(H,21,25). The molecule has 1 amide bonds. The molecule has 0 aliphatic rings. The van der Waals surface area contributed by atoms with Crippen molar-refractivity contribution in [2.75, 3.05) is 0 Å². The van der Waals surface area contributed by atoms with Gasteiger partial charge >= 0.3 is 0 Å². The molecule has 1 aromatic carbocycles. The Kier molecular flexibility index (Phi) is 5.65. The highest BCUT2D eigenvalue weighted by atomic mass is 35.5. The van der Waals surface area contributed by atoms with Gasteiger partial charge in [-0.25, -0.2) is 9.37 Å². The molecule has 6 nitrogen and oxygen atoms in total. The fraction of sp³-hybridized carbons (Fsp3) is 0.125. The van der Waals surface area contributed by atoms with Gasteiger partial charge in [0.25, 0.3) is 5.91 Å². The van der Waals surface area contributed by atoms with Crippen molar-refractivity contribution >= 4 is 51.6 Å². The monoisotopic (exact) mass is 411 g/mol. The topological polar surface area (TPSA) is 72.7 Å². The summed E-state index contributed by atoms with van der Waals surface area (Å²) in [5.74, 6) is -0.163. The lowest BCUT2D eigenvalue weighted by Gasteiger charge is -2.02. The van der Waals surface area contributed by atoms with Crippen LogP contribution in [-0.4, -0.2) is 25.7 Å². The number of carbonyl (C=O) groups excluding carboxylic acids is 1. The van der Waals surface area contributed by atoms with Crippen LogP contribution < -0.4 is 5.32 Å². The van der Waals surface area contributed by atoms with Crippen LogP contribution in [0.2, 0.25) is 5.15 Å². The molecule has 26 heavy (non-hydrogen) atoms. The smallest absolute Gasteiger partial charge is 0.282 e. The molecule has 0 atom stereocenters. The van der Waals surface area contributed by atoms with Gasteiger partial charge in [-0.3, -0.25) is 4.79 Å². The summed E-state index contributed by atoms with van der Waals surface area (Å²) in [6, 6.07) is 5.86. The highest BCUT2D eigenvalue weighted by molar-refractivity contribution is 7.15. The van der Waals surface area contributed by atoms with Gasteiger partial charge < -0.3 is 9.88 Å². The first-order valence-electron chi connectivity index (χ1n) is 7.35. The second kappa shape index (κ2) is 7.94. The zero-order chi connectivity index (χ0) is 18.7. The molecule has 2 heterocycles. The summed E-state index contributed by atoms with van der Waals surface area (Å²) in [6.45, 7) is 0.253. The average Bonchev–Trinajstić information content (AvgIpc) is 3.24.